The Labute approximate surface area is 165 Å². The smallest absolute Gasteiger partial charge is 0.225 e. The van der Waals surface area contributed by atoms with E-state index in [2.05, 4.69) is 32.2 Å². The molecule has 0 bridgehead atoms. The second kappa shape index (κ2) is 8.28. The molecule has 1 aliphatic heterocycles. The molecule has 0 spiro atoms. The summed E-state index contributed by atoms with van der Waals surface area (Å²) in [6.45, 7) is 4.51. The fourth-order valence-corrected chi connectivity index (χ4v) is 4.00. The Morgan fingerprint density at radius 1 is 1.07 bits per heavy atom. The Bertz CT molecular complexity index is 800. The van der Waals surface area contributed by atoms with Crippen LogP contribution in [0.25, 0.3) is 0 Å². The van der Waals surface area contributed by atoms with Crippen molar-refractivity contribution in [3.63, 3.8) is 0 Å². The number of piperazine rings is 1. The van der Waals surface area contributed by atoms with Crippen LogP contribution in [0.2, 0.25) is 5.02 Å². The van der Waals surface area contributed by atoms with E-state index in [1.165, 1.54) is 24.0 Å². The van der Waals surface area contributed by atoms with Gasteiger partial charge in [-0.3, -0.25) is 9.69 Å². The summed E-state index contributed by atoms with van der Waals surface area (Å²) >= 11 is 5.90. The van der Waals surface area contributed by atoms with Gasteiger partial charge in [0.15, 0.2) is 0 Å². The number of nitrogens with zero attached hydrogens (tertiary/aromatic N) is 3. The molecule has 27 heavy (non-hydrogen) atoms. The maximum absolute atomic E-state index is 12.3. The zero-order chi connectivity index (χ0) is 18.6. The second-order valence-electron chi connectivity index (χ2n) is 7.30. The topological polar surface area (TPSA) is 48.5 Å². The van der Waals surface area contributed by atoms with Gasteiger partial charge < -0.3 is 10.2 Å². The molecule has 0 radical (unpaired) electrons. The van der Waals surface area contributed by atoms with Crippen LogP contribution >= 0.6 is 11.6 Å². The van der Waals surface area contributed by atoms with Gasteiger partial charge in [0, 0.05) is 51.0 Å². The maximum atomic E-state index is 12.3. The third-order valence-corrected chi connectivity index (χ3v) is 5.67. The van der Waals surface area contributed by atoms with Crippen LogP contribution in [-0.2, 0) is 17.6 Å². The number of hydrogen-bond donors (Lipinski definition) is 1. The quantitative estimate of drug-likeness (QED) is 0.858. The molecule has 0 unspecified atom stereocenters. The van der Waals surface area contributed by atoms with Crippen LogP contribution < -0.4 is 10.2 Å². The van der Waals surface area contributed by atoms with E-state index in [-0.39, 0.29) is 5.91 Å². The Morgan fingerprint density at radius 2 is 1.89 bits per heavy atom. The molecule has 5 nitrogen and oxygen atoms in total. The van der Waals surface area contributed by atoms with Crippen molar-refractivity contribution in [3.8, 4) is 0 Å². The monoisotopic (exact) mass is 384 g/mol. The fraction of sp³-hybridized carbons (Fsp3) is 0.429. The molecule has 2 aliphatic rings. The number of aryl methyl sites for hydroxylation is 2. The van der Waals surface area contributed by atoms with Gasteiger partial charge in [-0.1, -0.05) is 17.7 Å². The Hall–Kier alpha value is -2.11. The van der Waals surface area contributed by atoms with E-state index in [0.717, 1.165) is 50.6 Å². The molecule has 1 aromatic carbocycles. The minimum atomic E-state index is 0.0924. The number of rotatable bonds is 5. The summed E-state index contributed by atoms with van der Waals surface area (Å²) < 4.78 is 0. The predicted molar refractivity (Wildman–Crippen MR) is 110 cm³/mol. The number of halogens is 1. The number of benzene rings is 1. The molecule has 1 N–H and O–H groups in total. The van der Waals surface area contributed by atoms with Crippen molar-refractivity contribution in [2.45, 2.75) is 25.7 Å². The normalized spacial score (nSPS) is 17.0. The molecule has 4 rings (SSSR count). The fourth-order valence-electron chi connectivity index (χ4n) is 3.89. The van der Waals surface area contributed by atoms with Gasteiger partial charge in [0.2, 0.25) is 5.91 Å². The number of amides is 1. The summed E-state index contributed by atoms with van der Waals surface area (Å²) in [5.41, 5.74) is 3.75. The van der Waals surface area contributed by atoms with Gasteiger partial charge in [-0.25, -0.2) is 4.98 Å². The van der Waals surface area contributed by atoms with Crippen LogP contribution in [0.3, 0.4) is 0 Å². The van der Waals surface area contributed by atoms with Crippen molar-refractivity contribution >= 4 is 29.0 Å². The van der Waals surface area contributed by atoms with E-state index in [1.807, 2.05) is 18.2 Å². The first kappa shape index (κ1) is 18.3. The van der Waals surface area contributed by atoms with Crippen molar-refractivity contribution in [2.75, 3.05) is 42.9 Å². The standard InChI is InChI=1S/C21H25ClN4O/c22-18-5-7-20(23-15-18)26-12-10-25(11-13-26)9-8-21(27)24-19-6-4-16-2-1-3-17(16)14-19/h4-7,14-15H,1-3,8-13H2,(H,24,27). The number of anilines is 2. The summed E-state index contributed by atoms with van der Waals surface area (Å²) in [7, 11) is 0. The lowest BCUT2D eigenvalue weighted by Gasteiger charge is -2.35. The zero-order valence-corrected chi connectivity index (χ0v) is 16.2. The molecular weight excluding hydrogens is 360 g/mol. The third kappa shape index (κ3) is 4.60. The lowest BCUT2D eigenvalue weighted by atomic mass is 10.1. The molecule has 142 valence electrons. The first-order valence-electron chi connectivity index (χ1n) is 9.68. The average Bonchev–Trinajstić information content (AvgIpc) is 3.15. The number of aromatic nitrogens is 1. The molecule has 2 heterocycles. The molecule has 1 fully saturated rings. The van der Waals surface area contributed by atoms with E-state index >= 15 is 0 Å². The number of carbonyl (C=O) groups excluding carboxylic acids is 1. The van der Waals surface area contributed by atoms with Crippen LogP contribution in [0.4, 0.5) is 11.5 Å². The summed E-state index contributed by atoms with van der Waals surface area (Å²) in [5.74, 6) is 1.06. The van der Waals surface area contributed by atoms with E-state index in [4.69, 9.17) is 11.6 Å². The highest BCUT2D eigenvalue weighted by Crippen LogP contribution is 2.25. The van der Waals surface area contributed by atoms with Crippen molar-refractivity contribution in [2.24, 2.45) is 0 Å². The molecule has 1 amide bonds. The van der Waals surface area contributed by atoms with Crippen LogP contribution in [0.15, 0.2) is 36.5 Å². The van der Waals surface area contributed by atoms with Crippen LogP contribution in [0, 0.1) is 0 Å². The molecule has 2 aromatic rings. The number of carbonyl (C=O) groups is 1. The number of hydrogen-bond acceptors (Lipinski definition) is 4. The third-order valence-electron chi connectivity index (χ3n) is 5.45. The summed E-state index contributed by atoms with van der Waals surface area (Å²) in [6, 6.07) is 10.2. The number of pyridine rings is 1. The minimum Gasteiger partial charge on any atom is -0.354 e. The van der Waals surface area contributed by atoms with E-state index < -0.39 is 0 Å². The van der Waals surface area contributed by atoms with E-state index in [9.17, 15) is 4.79 Å². The minimum absolute atomic E-state index is 0.0924. The number of fused-ring (bicyclic) bond motifs is 1. The van der Waals surface area contributed by atoms with Crippen LogP contribution in [0.1, 0.15) is 24.0 Å². The first-order valence-corrected chi connectivity index (χ1v) is 10.1. The van der Waals surface area contributed by atoms with Crippen LogP contribution in [-0.4, -0.2) is 48.5 Å². The molecule has 1 aliphatic carbocycles. The lowest BCUT2D eigenvalue weighted by Crippen LogP contribution is -2.47. The highest BCUT2D eigenvalue weighted by molar-refractivity contribution is 6.30. The molecule has 1 aromatic heterocycles. The van der Waals surface area contributed by atoms with Crippen molar-refractivity contribution in [1.82, 2.24) is 9.88 Å². The van der Waals surface area contributed by atoms with Crippen molar-refractivity contribution in [3.05, 3.63) is 52.7 Å². The largest absolute Gasteiger partial charge is 0.354 e. The highest BCUT2D eigenvalue weighted by Gasteiger charge is 2.19. The molecular formula is C21H25ClN4O. The predicted octanol–water partition coefficient (Wildman–Crippen LogP) is 3.37. The number of nitrogens with one attached hydrogen (secondary N) is 1. The highest BCUT2D eigenvalue weighted by atomic mass is 35.5. The molecule has 0 saturated carbocycles. The van der Waals surface area contributed by atoms with Gasteiger partial charge >= 0.3 is 0 Å². The Balaban J connectivity index is 1.21. The van der Waals surface area contributed by atoms with Gasteiger partial charge in [0.25, 0.3) is 0 Å². The van der Waals surface area contributed by atoms with Gasteiger partial charge in [-0.15, -0.1) is 0 Å². The molecule has 0 atom stereocenters. The van der Waals surface area contributed by atoms with Crippen molar-refractivity contribution in [1.29, 1.82) is 0 Å². The zero-order valence-electron chi connectivity index (χ0n) is 15.5. The van der Waals surface area contributed by atoms with Gasteiger partial charge in [-0.05, 0) is 54.7 Å². The SMILES string of the molecule is O=C(CCN1CCN(c2ccc(Cl)cn2)CC1)Nc1ccc2c(c1)CCC2. The average molecular weight is 385 g/mol. The summed E-state index contributed by atoms with van der Waals surface area (Å²) in [5, 5.41) is 3.71. The molecule has 1 saturated heterocycles. The van der Waals surface area contributed by atoms with Gasteiger partial charge in [0.05, 0.1) is 5.02 Å². The van der Waals surface area contributed by atoms with Gasteiger partial charge in [-0.2, -0.15) is 0 Å². The van der Waals surface area contributed by atoms with Crippen molar-refractivity contribution < 1.29 is 4.79 Å². The summed E-state index contributed by atoms with van der Waals surface area (Å²) in [4.78, 5) is 21.3. The maximum Gasteiger partial charge on any atom is 0.225 e. The van der Waals surface area contributed by atoms with Gasteiger partial charge in [0.1, 0.15) is 5.82 Å². The van der Waals surface area contributed by atoms with E-state index in [0.29, 0.717) is 11.4 Å². The summed E-state index contributed by atoms with van der Waals surface area (Å²) in [6.07, 6.45) is 5.74. The first-order chi connectivity index (χ1) is 13.2. The Morgan fingerprint density at radius 3 is 2.67 bits per heavy atom. The van der Waals surface area contributed by atoms with Crippen LogP contribution in [0.5, 0.6) is 0 Å². The van der Waals surface area contributed by atoms with E-state index in [1.54, 1.807) is 6.20 Å². The second-order valence-corrected chi connectivity index (χ2v) is 7.73. The molecule has 6 heteroatoms. The lowest BCUT2D eigenvalue weighted by molar-refractivity contribution is -0.116. The Kier molecular flexibility index (Phi) is 5.60.